The monoisotopic (exact) mass is 231 g/mol. The number of aromatic nitrogens is 2. The average molecular weight is 231 g/mol. The van der Waals surface area contributed by atoms with Crippen molar-refractivity contribution in [3.8, 4) is 11.5 Å². The van der Waals surface area contributed by atoms with E-state index in [1.165, 1.54) is 0 Å². The quantitative estimate of drug-likeness (QED) is 0.863. The third-order valence-electron chi connectivity index (χ3n) is 2.67. The molecule has 1 aromatic heterocycles. The van der Waals surface area contributed by atoms with Gasteiger partial charge in [0.05, 0.1) is 6.04 Å². The zero-order valence-corrected chi connectivity index (χ0v) is 10.3. The minimum atomic E-state index is -0.233. The first-order chi connectivity index (χ1) is 7.98. The summed E-state index contributed by atoms with van der Waals surface area (Å²) >= 11 is 0. The van der Waals surface area contributed by atoms with Crippen LogP contribution in [0.25, 0.3) is 11.5 Å². The lowest BCUT2D eigenvalue weighted by molar-refractivity contribution is 0.303. The molecule has 2 N–H and O–H groups in total. The van der Waals surface area contributed by atoms with Crippen LogP contribution in [0, 0.1) is 5.41 Å². The number of nitrogens with zero attached hydrogens (tertiary/aromatic N) is 2. The number of hydrogen-bond acceptors (Lipinski definition) is 4. The van der Waals surface area contributed by atoms with Gasteiger partial charge in [-0.05, 0) is 17.5 Å². The van der Waals surface area contributed by atoms with Crippen LogP contribution in [0.15, 0.2) is 34.9 Å². The first-order valence-electron chi connectivity index (χ1n) is 5.63. The maximum atomic E-state index is 6.08. The first kappa shape index (κ1) is 11.8. The molecule has 0 aliphatic rings. The van der Waals surface area contributed by atoms with Crippen molar-refractivity contribution in [2.24, 2.45) is 11.1 Å². The van der Waals surface area contributed by atoms with E-state index in [2.05, 4.69) is 30.9 Å². The predicted octanol–water partition coefficient (Wildman–Crippen LogP) is 2.78. The lowest BCUT2D eigenvalue weighted by Crippen LogP contribution is -2.27. The van der Waals surface area contributed by atoms with Gasteiger partial charge in [-0.25, -0.2) is 0 Å². The van der Waals surface area contributed by atoms with Crippen LogP contribution >= 0.6 is 0 Å². The van der Waals surface area contributed by atoms with Gasteiger partial charge in [-0.2, -0.15) is 4.98 Å². The summed E-state index contributed by atoms with van der Waals surface area (Å²) in [6.45, 7) is 6.16. The van der Waals surface area contributed by atoms with Gasteiger partial charge in [0.15, 0.2) is 5.82 Å². The molecule has 17 heavy (non-hydrogen) atoms. The van der Waals surface area contributed by atoms with Crippen LogP contribution in [0.5, 0.6) is 0 Å². The lowest BCUT2D eigenvalue weighted by atomic mass is 9.87. The second kappa shape index (κ2) is 4.30. The summed E-state index contributed by atoms with van der Waals surface area (Å²) in [6, 6.07) is 9.44. The molecule has 4 heteroatoms. The predicted molar refractivity (Wildman–Crippen MR) is 66.1 cm³/mol. The van der Waals surface area contributed by atoms with Gasteiger partial charge in [0, 0.05) is 5.56 Å². The summed E-state index contributed by atoms with van der Waals surface area (Å²) in [5.41, 5.74) is 6.90. The van der Waals surface area contributed by atoms with Gasteiger partial charge in [0.1, 0.15) is 0 Å². The summed E-state index contributed by atoms with van der Waals surface area (Å²) in [5, 5.41) is 3.95. The van der Waals surface area contributed by atoms with Crippen LogP contribution < -0.4 is 5.73 Å². The number of hydrogen-bond donors (Lipinski definition) is 1. The van der Waals surface area contributed by atoms with E-state index in [9.17, 15) is 0 Å². The van der Waals surface area contributed by atoms with Gasteiger partial charge >= 0.3 is 0 Å². The topological polar surface area (TPSA) is 64.9 Å². The van der Waals surface area contributed by atoms with Gasteiger partial charge in [-0.3, -0.25) is 0 Å². The fourth-order valence-corrected chi connectivity index (χ4v) is 1.45. The summed E-state index contributed by atoms with van der Waals surface area (Å²) in [5.74, 6) is 1.07. The molecule has 0 spiro atoms. The highest BCUT2D eigenvalue weighted by Gasteiger charge is 2.26. The summed E-state index contributed by atoms with van der Waals surface area (Å²) < 4.78 is 5.23. The van der Waals surface area contributed by atoms with Gasteiger partial charge < -0.3 is 10.3 Å². The summed E-state index contributed by atoms with van der Waals surface area (Å²) in [7, 11) is 0. The normalized spacial score (nSPS) is 13.6. The van der Waals surface area contributed by atoms with Gasteiger partial charge in [-0.15, -0.1) is 0 Å². The van der Waals surface area contributed by atoms with Crippen molar-refractivity contribution < 1.29 is 4.52 Å². The minimum absolute atomic E-state index is 0.0855. The van der Waals surface area contributed by atoms with E-state index in [0.29, 0.717) is 11.7 Å². The van der Waals surface area contributed by atoms with Crippen LogP contribution in [-0.2, 0) is 0 Å². The smallest absolute Gasteiger partial charge is 0.257 e. The van der Waals surface area contributed by atoms with Crippen molar-refractivity contribution in [1.82, 2.24) is 10.1 Å². The Labute approximate surface area is 101 Å². The molecule has 1 unspecified atom stereocenters. The molecule has 2 aromatic rings. The van der Waals surface area contributed by atoms with Crippen LogP contribution in [0.2, 0.25) is 0 Å². The van der Waals surface area contributed by atoms with Gasteiger partial charge in [0.25, 0.3) is 5.89 Å². The Kier molecular flexibility index (Phi) is 2.98. The standard InChI is InChI=1S/C13H17N3O/c1-13(2,3)10(14)11-15-12(17-16-11)9-7-5-4-6-8-9/h4-8,10H,14H2,1-3H3. The molecular formula is C13H17N3O. The largest absolute Gasteiger partial charge is 0.334 e. The van der Waals surface area contributed by atoms with E-state index in [1.54, 1.807) is 0 Å². The zero-order chi connectivity index (χ0) is 12.5. The summed E-state index contributed by atoms with van der Waals surface area (Å²) in [4.78, 5) is 4.34. The van der Waals surface area contributed by atoms with Crippen molar-refractivity contribution in [2.45, 2.75) is 26.8 Å². The van der Waals surface area contributed by atoms with Crippen molar-refractivity contribution in [3.05, 3.63) is 36.2 Å². The maximum absolute atomic E-state index is 6.08. The number of nitrogens with two attached hydrogens (primary N) is 1. The Bertz CT molecular complexity index is 485. The Balaban J connectivity index is 2.28. The third kappa shape index (κ3) is 2.53. The lowest BCUT2D eigenvalue weighted by Gasteiger charge is -2.23. The minimum Gasteiger partial charge on any atom is -0.334 e. The zero-order valence-electron chi connectivity index (χ0n) is 10.3. The Hall–Kier alpha value is -1.68. The van der Waals surface area contributed by atoms with Crippen LogP contribution in [-0.4, -0.2) is 10.1 Å². The maximum Gasteiger partial charge on any atom is 0.257 e. The van der Waals surface area contributed by atoms with Crippen LogP contribution in [0.4, 0.5) is 0 Å². The van der Waals surface area contributed by atoms with E-state index in [0.717, 1.165) is 5.56 Å². The second-order valence-corrected chi connectivity index (χ2v) is 5.17. The SMILES string of the molecule is CC(C)(C)C(N)c1noc(-c2ccccc2)n1. The first-order valence-corrected chi connectivity index (χ1v) is 5.63. The number of rotatable bonds is 2. The van der Waals surface area contributed by atoms with Crippen molar-refractivity contribution in [3.63, 3.8) is 0 Å². The van der Waals surface area contributed by atoms with E-state index in [4.69, 9.17) is 10.3 Å². The van der Waals surface area contributed by atoms with Crippen molar-refractivity contribution in [1.29, 1.82) is 0 Å². The Morgan fingerprint density at radius 1 is 1.18 bits per heavy atom. The molecule has 0 saturated carbocycles. The Morgan fingerprint density at radius 2 is 1.82 bits per heavy atom. The molecular weight excluding hydrogens is 214 g/mol. The highest BCUT2D eigenvalue weighted by atomic mass is 16.5. The Morgan fingerprint density at radius 3 is 2.41 bits per heavy atom. The molecule has 1 aromatic carbocycles. The second-order valence-electron chi connectivity index (χ2n) is 5.17. The molecule has 0 radical (unpaired) electrons. The highest BCUT2D eigenvalue weighted by molar-refractivity contribution is 5.52. The van der Waals surface area contributed by atoms with E-state index in [1.807, 2.05) is 30.3 Å². The van der Waals surface area contributed by atoms with Gasteiger partial charge in [0.2, 0.25) is 0 Å². The molecule has 0 fully saturated rings. The fraction of sp³-hybridized carbons (Fsp3) is 0.385. The van der Waals surface area contributed by atoms with E-state index in [-0.39, 0.29) is 11.5 Å². The molecule has 0 aliphatic heterocycles. The molecule has 0 aliphatic carbocycles. The van der Waals surface area contributed by atoms with Crippen LogP contribution in [0.1, 0.15) is 32.6 Å². The van der Waals surface area contributed by atoms with Crippen molar-refractivity contribution in [2.75, 3.05) is 0 Å². The molecule has 0 saturated heterocycles. The molecule has 1 heterocycles. The molecule has 0 amide bonds. The van der Waals surface area contributed by atoms with Crippen molar-refractivity contribution >= 4 is 0 Å². The van der Waals surface area contributed by atoms with E-state index >= 15 is 0 Å². The van der Waals surface area contributed by atoms with E-state index < -0.39 is 0 Å². The highest BCUT2D eigenvalue weighted by Crippen LogP contribution is 2.29. The summed E-state index contributed by atoms with van der Waals surface area (Å²) in [6.07, 6.45) is 0. The third-order valence-corrected chi connectivity index (χ3v) is 2.67. The van der Waals surface area contributed by atoms with Gasteiger partial charge in [-0.1, -0.05) is 44.1 Å². The fourth-order valence-electron chi connectivity index (χ4n) is 1.45. The molecule has 0 bridgehead atoms. The molecule has 2 rings (SSSR count). The average Bonchev–Trinajstić information content (AvgIpc) is 2.77. The molecule has 1 atom stereocenters. The number of benzene rings is 1. The van der Waals surface area contributed by atoms with Crippen LogP contribution in [0.3, 0.4) is 0 Å². The molecule has 4 nitrogen and oxygen atoms in total. The molecule has 90 valence electrons.